The van der Waals surface area contributed by atoms with Crippen LogP contribution in [0.5, 0.6) is 0 Å². The number of fused-ring (bicyclic) bond motifs is 1. The second-order valence-electron chi connectivity index (χ2n) is 8.17. The monoisotopic (exact) mass is 416 g/mol. The zero-order valence-electron chi connectivity index (χ0n) is 17.8. The van der Waals surface area contributed by atoms with Crippen molar-refractivity contribution in [2.45, 2.75) is 64.8 Å². The third-order valence-corrected chi connectivity index (χ3v) is 5.49. The Balaban J connectivity index is 1.89. The van der Waals surface area contributed by atoms with Crippen LogP contribution in [0, 0.1) is 0 Å². The average molecular weight is 417 g/mol. The summed E-state index contributed by atoms with van der Waals surface area (Å²) in [5.74, 6) is 2.24. The number of aliphatic hydroxyl groups excluding tert-OH is 2. The Morgan fingerprint density at radius 3 is 1.33 bits per heavy atom. The maximum atomic E-state index is 9.86. The van der Waals surface area contributed by atoms with Gasteiger partial charge in [0, 0.05) is 26.2 Å². The first kappa shape index (κ1) is 20.8. The molecule has 2 saturated heterocycles. The molecule has 30 heavy (non-hydrogen) atoms. The Morgan fingerprint density at radius 2 is 1.00 bits per heavy atom. The van der Waals surface area contributed by atoms with E-state index in [1.165, 1.54) is 12.8 Å². The van der Waals surface area contributed by atoms with Crippen molar-refractivity contribution in [2.24, 2.45) is 0 Å². The number of aliphatic hydroxyl groups is 2. The van der Waals surface area contributed by atoms with Gasteiger partial charge in [0.2, 0.25) is 11.9 Å². The van der Waals surface area contributed by atoms with Gasteiger partial charge in [-0.15, -0.1) is 0 Å². The summed E-state index contributed by atoms with van der Waals surface area (Å²) in [6.45, 7) is 6.91. The molecular weight excluding hydrogens is 384 g/mol. The summed E-state index contributed by atoms with van der Waals surface area (Å²) in [5.41, 5.74) is 1.35. The van der Waals surface area contributed by atoms with Crippen LogP contribution in [0.2, 0.25) is 0 Å². The van der Waals surface area contributed by atoms with Crippen LogP contribution in [0.1, 0.15) is 52.4 Å². The SMILES string of the molecule is CC(O)Nc1nc(N2CCCCC2)c2nc(NC(C)O)nc(N3CCCCC3)c2n1. The maximum absolute atomic E-state index is 9.86. The molecule has 4 N–H and O–H groups in total. The Hall–Kier alpha value is -2.46. The lowest BCUT2D eigenvalue weighted by atomic mass is 10.1. The zero-order valence-corrected chi connectivity index (χ0v) is 17.8. The van der Waals surface area contributed by atoms with Crippen molar-refractivity contribution >= 4 is 34.6 Å². The summed E-state index contributed by atoms with van der Waals surface area (Å²) in [7, 11) is 0. The van der Waals surface area contributed by atoms with Crippen LogP contribution in [-0.2, 0) is 0 Å². The molecule has 10 heteroatoms. The Kier molecular flexibility index (Phi) is 6.33. The van der Waals surface area contributed by atoms with Crippen LogP contribution < -0.4 is 20.4 Å². The number of anilines is 4. The minimum Gasteiger partial charge on any atom is -0.374 e. The first-order valence-electron chi connectivity index (χ1n) is 11.0. The van der Waals surface area contributed by atoms with Crippen LogP contribution in [0.3, 0.4) is 0 Å². The van der Waals surface area contributed by atoms with Gasteiger partial charge in [-0.2, -0.15) is 9.97 Å². The van der Waals surface area contributed by atoms with E-state index in [-0.39, 0.29) is 0 Å². The molecule has 0 saturated carbocycles. The lowest BCUT2D eigenvalue weighted by Gasteiger charge is -2.31. The number of aromatic nitrogens is 4. The van der Waals surface area contributed by atoms with E-state index >= 15 is 0 Å². The molecule has 2 aromatic rings. The highest BCUT2D eigenvalue weighted by atomic mass is 16.3. The predicted molar refractivity (Wildman–Crippen MR) is 118 cm³/mol. The Bertz CT molecular complexity index is 792. The van der Waals surface area contributed by atoms with E-state index in [9.17, 15) is 10.2 Å². The fraction of sp³-hybridized carbons (Fsp3) is 0.700. The maximum Gasteiger partial charge on any atom is 0.227 e. The van der Waals surface area contributed by atoms with E-state index in [2.05, 4.69) is 20.4 Å². The van der Waals surface area contributed by atoms with Crippen molar-refractivity contribution in [3.8, 4) is 0 Å². The molecule has 10 nitrogen and oxygen atoms in total. The second-order valence-corrected chi connectivity index (χ2v) is 8.17. The van der Waals surface area contributed by atoms with Gasteiger partial charge in [0.1, 0.15) is 23.5 Å². The molecule has 2 unspecified atom stereocenters. The second kappa shape index (κ2) is 9.13. The number of hydrogen-bond acceptors (Lipinski definition) is 10. The lowest BCUT2D eigenvalue weighted by Crippen LogP contribution is -2.33. The van der Waals surface area contributed by atoms with Crippen LogP contribution in [-0.4, -0.2) is 68.8 Å². The molecule has 2 atom stereocenters. The van der Waals surface area contributed by atoms with Crippen LogP contribution >= 0.6 is 0 Å². The number of piperidine rings is 2. The average Bonchev–Trinajstić information content (AvgIpc) is 2.73. The predicted octanol–water partition coefficient (Wildman–Crippen LogP) is 1.90. The number of rotatable bonds is 6. The molecule has 4 heterocycles. The minimum atomic E-state index is -0.771. The number of nitrogens with one attached hydrogen (secondary N) is 2. The van der Waals surface area contributed by atoms with Crippen LogP contribution in [0.15, 0.2) is 0 Å². The van der Waals surface area contributed by atoms with Gasteiger partial charge in [-0.1, -0.05) is 0 Å². The first-order chi connectivity index (χ1) is 14.5. The molecule has 2 aliphatic heterocycles. The molecule has 2 aromatic heterocycles. The highest BCUT2D eigenvalue weighted by Crippen LogP contribution is 2.33. The van der Waals surface area contributed by atoms with E-state index in [1.54, 1.807) is 13.8 Å². The first-order valence-corrected chi connectivity index (χ1v) is 11.0. The Labute approximate surface area is 176 Å². The van der Waals surface area contributed by atoms with Gasteiger partial charge in [-0.25, -0.2) is 9.97 Å². The zero-order chi connectivity index (χ0) is 21.1. The molecule has 0 bridgehead atoms. The molecule has 0 amide bonds. The van der Waals surface area contributed by atoms with Crippen LogP contribution in [0.25, 0.3) is 11.0 Å². The molecule has 2 aliphatic rings. The molecule has 2 fully saturated rings. The van der Waals surface area contributed by atoms with Crippen molar-refractivity contribution < 1.29 is 10.2 Å². The van der Waals surface area contributed by atoms with E-state index in [0.717, 1.165) is 63.5 Å². The summed E-state index contributed by atoms with van der Waals surface area (Å²) < 4.78 is 0. The molecule has 0 spiro atoms. The van der Waals surface area contributed by atoms with Crippen LogP contribution in [0.4, 0.5) is 23.5 Å². The molecular formula is C20H32N8O2. The van der Waals surface area contributed by atoms with E-state index in [0.29, 0.717) is 22.9 Å². The van der Waals surface area contributed by atoms with Crippen molar-refractivity contribution in [3.05, 3.63) is 0 Å². The summed E-state index contributed by atoms with van der Waals surface area (Å²) in [6, 6.07) is 0. The summed E-state index contributed by atoms with van der Waals surface area (Å²) in [6.07, 6.45) is 5.30. The standard InChI is InChI=1S/C20H32N8O2/c1-13(29)21-19-23-15-16(17(25-19)27-9-5-3-6-10-27)24-20(22-14(2)30)26-18(15)28-11-7-4-8-12-28/h13-14,29-30H,3-12H2,1-2H3,(H,21,23,25)(H,22,24,26). The number of nitrogens with zero attached hydrogens (tertiary/aromatic N) is 6. The Morgan fingerprint density at radius 1 is 0.633 bits per heavy atom. The van der Waals surface area contributed by atoms with E-state index in [1.807, 2.05) is 0 Å². The third kappa shape index (κ3) is 4.65. The highest BCUT2D eigenvalue weighted by Gasteiger charge is 2.25. The number of hydrogen-bond donors (Lipinski definition) is 4. The van der Waals surface area contributed by atoms with Crippen molar-refractivity contribution in [3.63, 3.8) is 0 Å². The van der Waals surface area contributed by atoms with Crippen molar-refractivity contribution in [1.29, 1.82) is 0 Å². The largest absolute Gasteiger partial charge is 0.374 e. The normalized spacial score (nSPS) is 19.6. The lowest BCUT2D eigenvalue weighted by molar-refractivity contribution is 0.222. The molecule has 0 aliphatic carbocycles. The fourth-order valence-electron chi connectivity index (χ4n) is 4.14. The van der Waals surface area contributed by atoms with Gasteiger partial charge in [0.25, 0.3) is 0 Å². The summed E-state index contributed by atoms with van der Waals surface area (Å²) in [4.78, 5) is 23.3. The van der Waals surface area contributed by atoms with Gasteiger partial charge in [0.05, 0.1) is 0 Å². The van der Waals surface area contributed by atoms with Gasteiger partial charge in [0.15, 0.2) is 11.6 Å². The van der Waals surface area contributed by atoms with Gasteiger partial charge in [-0.05, 0) is 52.4 Å². The highest BCUT2D eigenvalue weighted by molar-refractivity contribution is 5.95. The summed E-state index contributed by atoms with van der Waals surface area (Å²) in [5, 5.41) is 25.6. The molecule has 4 rings (SSSR count). The van der Waals surface area contributed by atoms with E-state index < -0.39 is 12.5 Å². The van der Waals surface area contributed by atoms with Gasteiger partial charge >= 0.3 is 0 Å². The smallest absolute Gasteiger partial charge is 0.227 e. The topological polar surface area (TPSA) is 123 Å². The fourth-order valence-corrected chi connectivity index (χ4v) is 4.14. The summed E-state index contributed by atoms with van der Waals surface area (Å²) >= 11 is 0. The quantitative estimate of drug-likeness (QED) is 0.519. The third-order valence-electron chi connectivity index (χ3n) is 5.49. The van der Waals surface area contributed by atoms with Gasteiger partial charge in [-0.3, -0.25) is 0 Å². The molecule has 0 radical (unpaired) electrons. The van der Waals surface area contributed by atoms with E-state index in [4.69, 9.17) is 19.9 Å². The molecule has 0 aromatic carbocycles. The van der Waals surface area contributed by atoms with Crippen molar-refractivity contribution in [1.82, 2.24) is 19.9 Å². The minimum absolute atomic E-state index is 0.371. The van der Waals surface area contributed by atoms with Crippen molar-refractivity contribution in [2.75, 3.05) is 46.6 Å². The molecule has 164 valence electrons. The van der Waals surface area contributed by atoms with Gasteiger partial charge < -0.3 is 30.6 Å².